The molecule has 2 aromatic heterocycles. The highest BCUT2D eigenvalue weighted by Gasteiger charge is 2.11. The van der Waals surface area contributed by atoms with Crippen LogP contribution in [0.1, 0.15) is 16.1 Å². The average Bonchev–Trinajstić information content (AvgIpc) is 2.76. The van der Waals surface area contributed by atoms with Crippen molar-refractivity contribution < 1.29 is 4.79 Å². The predicted molar refractivity (Wildman–Crippen MR) is 83.8 cm³/mol. The number of benzene rings is 1. The smallest absolute Gasteiger partial charge is 0.258 e. The second-order valence-electron chi connectivity index (χ2n) is 4.34. The van der Waals surface area contributed by atoms with E-state index in [2.05, 4.69) is 20.3 Å². The molecular weight excluding hydrogens is 310 g/mol. The summed E-state index contributed by atoms with van der Waals surface area (Å²) < 4.78 is 0.850. The number of anilines is 2. The first kappa shape index (κ1) is 13.7. The Hall–Kier alpha value is -2.25. The molecule has 8 heteroatoms. The van der Waals surface area contributed by atoms with E-state index in [0.717, 1.165) is 10.2 Å². The second-order valence-corrected chi connectivity index (χ2v) is 5.79. The summed E-state index contributed by atoms with van der Waals surface area (Å²) in [4.78, 5) is 24.4. The van der Waals surface area contributed by atoms with Gasteiger partial charge in [-0.1, -0.05) is 22.9 Å². The summed E-state index contributed by atoms with van der Waals surface area (Å²) in [5.74, 6) is -0.139. The van der Waals surface area contributed by atoms with Crippen molar-refractivity contribution in [3.05, 3.63) is 40.7 Å². The third-order valence-corrected chi connectivity index (χ3v) is 3.76. The van der Waals surface area contributed by atoms with E-state index in [1.54, 1.807) is 31.2 Å². The summed E-state index contributed by atoms with van der Waals surface area (Å²) in [6.07, 6.45) is 0. The first-order valence-corrected chi connectivity index (χ1v) is 7.19. The van der Waals surface area contributed by atoms with Crippen LogP contribution in [-0.4, -0.2) is 20.9 Å². The van der Waals surface area contributed by atoms with Gasteiger partial charge in [-0.25, -0.2) is 15.0 Å². The monoisotopic (exact) mass is 319 g/mol. The number of amides is 1. The zero-order chi connectivity index (χ0) is 15.0. The summed E-state index contributed by atoms with van der Waals surface area (Å²) in [6.45, 7) is 1.77. The van der Waals surface area contributed by atoms with Gasteiger partial charge >= 0.3 is 0 Å². The lowest BCUT2D eigenvalue weighted by atomic mass is 10.2. The zero-order valence-electron chi connectivity index (χ0n) is 10.9. The number of nitrogens with zero attached hydrogens (tertiary/aromatic N) is 3. The molecular formula is C13H10ClN5OS. The quantitative estimate of drug-likeness (QED) is 0.708. The number of carbonyl (C=O) groups is 1. The largest absolute Gasteiger partial charge is 0.375 e. The Morgan fingerprint density at radius 1 is 1.29 bits per heavy atom. The first-order chi connectivity index (χ1) is 10.0. The summed E-state index contributed by atoms with van der Waals surface area (Å²) in [7, 11) is 0. The van der Waals surface area contributed by atoms with Crippen molar-refractivity contribution in [2.24, 2.45) is 0 Å². The fourth-order valence-electron chi connectivity index (χ4n) is 1.84. The Labute approximate surface area is 129 Å². The minimum absolute atomic E-state index is 0.175. The number of aromatic nitrogens is 3. The van der Waals surface area contributed by atoms with E-state index in [-0.39, 0.29) is 17.0 Å². The minimum atomic E-state index is -0.314. The number of hydrogen-bond acceptors (Lipinski definition) is 6. The number of rotatable bonds is 2. The van der Waals surface area contributed by atoms with Gasteiger partial charge in [0.2, 0.25) is 5.95 Å². The molecule has 0 saturated carbocycles. The maximum absolute atomic E-state index is 12.2. The van der Waals surface area contributed by atoms with E-state index in [0.29, 0.717) is 16.4 Å². The summed E-state index contributed by atoms with van der Waals surface area (Å²) >= 11 is 7.17. The first-order valence-electron chi connectivity index (χ1n) is 6.00. The molecule has 106 valence electrons. The molecule has 0 aliphatic rings. The van der Waals surface area contributed by atoms with E-state index in [9.17, 15) is 4.79 Å². The molecule has 21 heavy (non-hydrogen) atoms. The van der Waals surface area contributed by atoms with Gasteiger partial charge in [0.25, 0.3) is 5.91 Å². The van der Waals surface area contributed by atoms with Crippen LogP contribution < -0.4 is 11.1 Å². The Bertz CT molecular complexity index is 827. The van der Waals surface area contributed by atoms with E-state index < -0.39 is 0 Å². The lowest BCUT2D eigenvalue weighted by Gasteiger charge is -2.05. The van der Waals surface area contributed by atoms with Gasteiger partial charge in [-0.05, 0) is 31.2 Å². The average molecular weight is 320 g/mol. The van der Waals surface area contributed by atoms with Gasteiger partial charge in [0, 0.05) is 11.3 Å². The van der Waals surface area contributed by atoms with E-state index >= 15 is 0 Å². The fourth-order valence-corrected chi connectivity index (χ4v) is 2.85. The predicted octanol–water partition coefficient (Wildman–Crippen LogP) is 2.88. The Morgan fingerprint density at radius 3 is 2.86 bits per heavy atom. The van der Waals surface area contributed by atoms with Crippen molar-refractivity contribution >= 4 is 50.1 Å². The van der Waals surface area contributed by atoms with Crippen LogP contribution in [0.3, 0.4) is 0 Å². The van der Waals surface area contributed by atoms with Crippen LogP contribution in [0.5, 0.6) is 0 Å². The number of nitrogens with one attached hydrogen (secondary N) is 1. The molecule has 1 aromatic carbocycles. The minimum Gasteiger partial charge on any atom is -0.375 e. The Morgan fingerprint density at radius 2 is 2.10 bits per heavy atom. The topological polar surface area (TPSA) is 93.8 Å². The van der Waals surface area contributed by atoms with Crippen molar-refractivity contribution in [1.29, 1.82) is 0 Å². The molecule has 6 nitrogen and oxygen atoms in total. The van der Waals surface area contributed by atoms with Crippen molar-refractivity contribution in [2.45, 2.75) is 6.92 Å². The molecule has 0 aliphatic heterocycles. The van der Waals surface area contributed by atoms with Crippen LogP contribution in [0.15, 0.2) is 24.3 Å². The third kappa shape index (κ3) is 2.93. The molecule has 0 spiro atoms. The Kier molecular flexibility index (Phi) is 3.44. The van der Waals surface area contributed by atoms with Crippen LogP contribution >= 0.6 is 22.9 Å². The lowest BCUT2D eigenvalue weighted by molar-refractivity contribution is 0.102. The number of nitrogen functional groups attached to an aromatic ring is 1. The molecule has 1 amide bonds. The number of hydrogen-bond donors (Lipinski definition) is 2. The maximum atomic E-state index is 12.2. The third-order valence-electron chi connectivity index (χ3n) is 2.72. The normalized spacial score (nSPS) is 10.8. The summed E-state index contributed by atoms with van der Waals surface area (Å²) in [6, 6.07) is 6.77. The van der Waals surface area contributed by atoms with Gasteiger partial charge in [-0.3, -0.25) is 10.1 Å². The molecule has 0 aliphatic carbocycles. The summed E-state index contributed by atoms with van der Waals surface area (Å²) in [5.41, 5.74) is 7.57. The SMILES string of the molecule is Cc1cc(Cl)nc(NC(=O)c2ccc3nc(N)sc3c2)n1. The van der Waals surface area contributed by atoms with Gasteiger partial charge in [0.05, 0.1) is 10.2 Å². The van der Waals surface area contributed by atoms with Gasteiger partial charge in [0.15, 0.2) is 5.13 Å². The van der Waals surface area contributed by atoms with Gasteiger partial charge in [-0.2, -0.15) is 0 Å². The number of fused-ring (bicyclic) bond motifs is 1. The number of carbonyl (C=O) groups excluding carboxylic acids is 1. The Balaban J connectivity index is 1.89. The lowest BCUT2D eigenvalue weighted by Crippen LogP contribution is -2.14. The van der Waals surface area contributed by atoms with Gasteiger partial charge in [0.1, 0.15) is 5.15 Å². The second kappa shape index (κ2) is 5.27. The van der Waals surface area contributed by atoms with Crippen molar-refractivity contribution in [1.82, 2.24) is 15.0 Å². The van der Waals surface area contributed by atoms with E-state index in [1.165, 1.54) is 11.3 Å². The van der Waals surface area contributed by atoms with Crippen LogP contribution in [0.25, 0.3) is 10.2 Å². The summed E-state index contributed by atoms with van der Waals surface area (Å²) in [5, 5.41) is 3.37. The van der Waals surface area contributed by atoms with Crippen LogP contribution in [-0.2, 0) is 0 Å². The van der Waals surface area contributed by atoms with Crippen molar-refractivity contribution in [3.63, 3.8) is 0 Å². The van der Waals surface area contributed by atoms with Crippen LogP contribution in [0.2, 0.25) is 5.15 Å². The highest BCUT2D eigenvalue weighted by Crippen LogP contribution is 2.24. The van der Waals surface area contributed by atoms with E-state index in [1.807, 2.05) is 0 Å². The zero-order valence-corrected chi connectivity index (χ0v) is 12.5. The van der Waals surface area contributed by atoms with Crippen molar-refractivity contribution in [3.8, 4) is 0 Å². The maximum Gasteiger partial charge on any atom is 0.258 e. The van der Waals surface area contributed by atoms with Crippen LogP contribution in [0, 0.1) is 6.92 Å². The number of halogens is 1. The number of aryl methyl sites for hydroxylation is 1. The van der Waals surface area contributed by atoms with E-state index in [4.69, 9.17) is 17.3 Å². The molecule has 0 radical (unpaired) electrons. The van der Waals surface area contributed by atoms with Crippen LogP contribution in [0.4, 0.5) is 11.1 Å². The molecule has 2 heterocycles. The molecule has 0 atom stereocenters. The molecule has 0 bridgehead atoms. The highest BCUT2D eigenvalue weighted by molar-refractivity contribution is 7.22. The molecule has 3 aromatic rings. The molecule has 3 rings (SSSR count). The molecule has 0 saturated heterocycles. The molecule has 3 N–H and O–H groups in total. The van der Waals surface area contributed by atoms with Crippen molar-refractivity contribution in [2.75, 3.05) is 11.1 Å². The van der Waals surface area contributed by atoms with Gasteiger partial charge in [-0.15, -0.1) is 0 Å². The van der Waals surface area contributed by atoms with Gasteiger partial charge < -0.3 is 5.73 Å². The highest BCUT2D eigenvalue weighted by atomic mass is 35.5. The molecule has 0 fully saturated rings. The number of thiazole rings is 1. The molecule has 0 unspecified atom stereocenters. The fraction of sp³-hybridized carbons (Fsp3) is 0.0769. The standard InChI is InChI=1S/C13H10ClN5OS/c1-6-4-10(14)18-13(16-6)19-11(20)7-2-3-8-9(5-7)21-12(15)17-8/h2-5H,1H3,(H2,15,17)(H,16,18,19,20). The number of nitrogens with two attached hydrogens (primary N) is 1.